The van der Waals surface area contributed by atoms with Crippen LogP contribution in [0, 0.1) is 0 Å². The molecule has 1 rings (SSSR count). The number of pyridine rings is 1. The van der Waals surface area contributed by atoms with E-state index >= 15 is 0 Å². The Hall–Kier alpha value is -0.410. The lowest BCUT2D eigenvalue weighted by molar-refractivity contribution is 0.394. The van der Waals surface area contributed by atoms with Gasteiger partial charge in [-0.3, -0.25) is 0 Å². The van der Waals surface area contributed by atoms with Gasteiger partial charge in [-0.05, 0) is 6.07 Å². The van der Waals surface area contributed by atoms with Crippen molar-refractivity contribution in [3.63, 3.8) is 0 Å². The Morgan fingerprint density at radius 2 is 2.43 bits per heavy atom. The molecule has 0 aromatic carbocycles. The van der Waals surface area contributed by atoms with E-state index in [1.165, 1.54) is 0 Å². The van der Waals surface area contributed by atoms with Crippen LogP contribution < -0.4 is 4.74 Å². The van der Waals surface area contributed by atoms with Gasteiger partial charge in [-0.15, -0.1) is 11.6 Å². The highest BCUT2D eigenvalue weighted by molar-refractivity contribution is 7.99. The van der Waals surface area contributed by atoms with Crippen molar-refractivity contribution in [2.45, 2.75) is 17.9 Å². The van der Waals surface area contributed by atoms with Crippen LogP contribution in [0.15, 0.2) is 18.3 Å². The number of thioether (sulfide) groups is 1. The van der Waals surface area contributed by atoms with Gasteiger partial charge in [-0.25, -0.2) is 4.98 Å². The number of ether oxygens (including phenoxy) is 1. The first-order valence-electron chi connectivity index (χ1n) is 4.43. The fourth-order valence-electron chi connectivity index (χ4n) is 0.994. The van der Waals surface area contributed by atoms with E-state index in [-0.39, 0.29) is 0 Å². The maximum absolute atomic E-state index is 5.72. The zero-order valence-electron chi connectivity index (χ0n) is 8.37. The Morgan fingerprint density at radius 1 is 1.64 bits per heavy atom. The van der Waals surface area contributed by atoms with Crippen LogP contribution in [0.25, 0.3) is 0 Å². The predicted octanol–water partition coefficient (Wildman–Crippen LogP) is 2.95. The largest absolute Gasteiger partial charge is 0.481 e. The van der Waals surface area contributed by atoms with Crippen LogP contribution >= 0.6 is 23.4 Å². The number of halogens is 1. The number of rotatable bonds is 5. The van der Waals surface area contributed by atoms with E-state index in [0.717, 1.165) is 11.3 Å². The molecule has 0 aliphatic carbocycles. The topological polar surface area (TPSA) is 22.1 Å². The summed E-state index contributed by atoms with van der Waals surface area (Å²) >= 11 is 7.53. The lowest BCUT2D eigenvalue weighted by atomic mass is 10.3. The van der Waals surface area contributed by atoms with E-state index in [2.05, 4.69) is 11.9 Å². The third-order valence-corrected chi connectivity index (χ3v) is 3.64. The van der Waals surface area contributed by atoms with Crippen molar-refractivity contribution < 1.29 is 4.74 Å². The monoisotopic (exact) mass is 231 g/mol. The summed E-state index contributed by atoms with van der Waals surface area (Å²) < 4.78 is 5.15. The Balaban J connectivity index is 2.57. The minimum Gasteiger partial charge on any atom is -0.481 e. The smallest absolute Gasteiger partial charge is 0.217 e. The number of hydrogen-bond donors (Lipinski definition) is 0. The molecule has 0 fully saturated rings. The molecule has 1 heterocycles. The molecule has 0 aliphatic rings. The van der Waals surface area contributed by atoms with Crippen LogP contribution in [0.2, 0.25) is 0 Å². The van der Waals surface area contributed by atoms with Gasteiger partial charge in [0, 0.05) is 28.6 Å². The normalized spacial score (nSPS) is 12.5. The van der Waals surface area contributed by atoms with Gasteiger partial charge in [0.05, 0.1) is 7.11 Å². The molecule has 1 unspecified atom stereocenters. The van der Waals surface area contributed by atoms with Crippen molar-refractivity contribution in [3.05, 3.63) is 23.9 Å². The fraction of sp³-hybridized carbons (Fsp3) is 0.500. The Morgan fingerprint density at radius 3 is 3.07 bits per heavy atom. The molecule has 2 nitrogen and oxygen atoms in total. The molecule has 4 heteroatoms. The zero-order valence-corrected chi connectivity index (χ0v) is 9.94. The van der Waals surface area contributed by atoms with E-state index in [0.29, 0.717) is 17.0 Å². The summed E-state index contributed by atoms with van der Waals surface area (Å²) in [5.74, 6) is 2.28. The predicted molar refractivity (Wildman–Crippen MR) is 62.3 cm³/mol. The highest BCUT2D eigenvalue weighted by Gasteiger charge is 2.06. The van der Waals surface area contributed by atoms with Crippen LogP contribution in [0.3, 0.4) is 0 Å². The molecular formula is C10H14ClNOS. The molecule has 1 aromatic rings. The summed E-state index contributed by atoms with van der Waals surface area (Å²) in [4.78, 5) is 4.13. The highest BCUT2D eigenvalue weighted by atomic mass is 35.5. The van der Waals surface area contributed by atoms with Gasteiger partial charge in [-0.2, -0.15) is 11.8 Å². The number of nitrogens with zero attached hydrogens (tertiary/aromatic N) is 1. The van der Waals surface area contributed by atoms with Gasteiger partial charge >= 0.3 is 0 Å². The fourth-order valence-corrected chi connectivity index (χ4v) is 2.03. The van der Waals surface area contributed by atoms with Crippen LogP contribution in [-0.2, 0) is 5.75 Å². The van der Waals surface area contributed by atoms with Crippen molar-refractivity contribution in [2.75, 3.05) is 13.0 Å². The molecule has 0 saturated carbocycles. The number of aromatic nitrogens is 1. The van der Waals surface area contributed by atoms with Gasteiger partial charge in [0.15, 0.2) is 0 Å². The molecule has 0 amide bonds. The average Bonchev–Trinajstić information content (AvgIpc) is 2.26. The lowest BCUT2D eigenvalue weighted by Gasteiger charge is -2.09. The Labute approximate surface area is 94.0 Å². The number of alkyl halides is 1. The van der Waals surface area contributed by atoms with Crippen molar-refractivity contribution in [3.8, 4) is 5.88 Å². The molecule has 0 radical (unpaired) electrons. The SMILES string of the molecule is COc1ncccc1CSC(C)CCl. The van der Waals surface area contributed by atoms with Crippen molar-refractivity contribution in [1.82, 2.24) is 4.98 Å². The first-order chi connectivity index (χ1) is 6.77. The van der Waals surface area contributed by atoms with Crippen LogP contribution in [-0.4, -0.2) is 23.2 Å². The van der Waals surface area contributed by atoms with Gasteiger partial charge in [0.1, 0.15) is 0 Å². The van der Waals surface area contributed by atoms with Crippen molar-refractivity contribution in [1.29, 1.82) is 0 Å². The third-order valence-electron chi connectivity index (χ3n) is 1.78. The minimum atomic E-state index is 0.460. The molecule has 1 aromatic heterocycles. The number of methoxy groups -OCH3 is 1. The summed E-state index contributed by atoms with van der Waals surface area (Å²) in [5, 5.41) is 0.460. The van der Waals surface area contributed by atoms with Crippen LogP contribution in [0.1, 0.15) is 12.5 Å². The summed E-state index contributed by atoms with van der Waals surface area (Å²) in [6, 6.07) is 3.95. The maximum Gasteiger partial charge on any atom is 0.217 e. The van der Waals surface area contributed by atoms with E-state index in [1.807, 2.05) is 23.9 Å². The standard InChI is InChI=1S/C10H14ClNOS/c1-8(6-11)14-7-9-4-3-5-12-10(9)13-2/h3-5,8H,6-7H2,1-2H3. The molecule has 0 saturated heterocycles. The molecule has 0 N–H and O–H groups in total. The Kier molecular flexibility index (Phi) is 5.12. The van der Waals surface area contributed by atoms with Crippen LogP contribution in [0.5, 0.6) is 5.88 Å². The van der Waals surface area contributed by atoms with Crippen molar-refractivity contribution in [2.24, 2.45) is 0 Å². The molecule has 14 heavy (non-hydrogen) atoms. The second kappa shape index (κ2) is 6.14. The first-order valence-corrected chi connectivity index (χ1v) is 6.01. The third kappa shape index (κ3) is 3.39. The average molecular weight is 232 g/mol. The molecule has 0 aliphatic heterocycles. The van der Waals surface area contributed by atoms with Crippen LogP contribution in [0.4, 0.5) is 0 Å². The second-order valence-corrected chi connectivity index (χ2v) is 4.68. The highest BCUT2D eigenvalue weighted by Crippen LogP contribution is 2.23. The van der Waals surface area contributed by atoms with Gasteiger partial charge in [-0.1, -0.05) is 13.0 Å². The van der Waals surface area contributed by atoms with Gasteiger partial charge in [0.25, 0.3) is 0 Å². The molecule has 78 valence electrons. The van der Waals surface area contributed by atoms with E-state index in [1.54, 1.807) is 13.3 Å². The van der Waals surface area contributed by atoms with Gasteiger partial charge < -0.3 is 4.74 Å². The van der Waals surface area contributed by atoms with E-state index in [4.69, 9.17) is 16.3 Å². The molecule has 0 bridgehead atoms. The number of hydrogen-bond acceptors (Lipinski definition) is 3. The molecular weight excluding hydrogens is 218 g/mol. The minimum absolute atomic E-state index is 0.460. The lowest BCUT2D eigenvalue weighted by Crippen LogP contribution is -1.99. The summed E-state index contributed by atoms with van der Waals surface area (Å²) in [6.07, 6.45) is 1.73. The molecule has 0 spiro atoms. The zero-order chi connectivity index (χ0) is 10.4. The summed E-state index contributed by atoms with van der Waals surface area (Å²) in [7, 11) is 1.64. The first kappa shape index (κ1) is 11.7. The summed E-state index contributed by atoms with van der Waals surface area (Å²) in [6.45, 7) is 2.11. The Bertz CT molecular complexity index is 283. The van der Waals surface area contributed by atoms with Crippen molar-refractivity contribution >= 4 is 23.4 Å². The summed E-state index contributed by atoms with van der Waals surface area (Å²) in [5.41, 5.74) is 1.12. The maximum atomic E-state index is 5.72. The van der Waals surface area contributed by atoms with E-state index < -0.39 is 0 Å². The second-order valence-electron chi connectivity index (χ2n) is 2.95. The van der Waals surface area contributed by atoms with Gasteiger partial charge in [0.2, 0.25) is 5.88 Å². The molecule has 1 atom stereocenters. The van der Waals surface area contributed by atoms with E-state index in [9.17, 15) is 0 Å². The quantitative estimate of drug-likeness (QED) is 0.728.